The molecule has 2 heterocycles. The van der Waals surface area contributed by atoms with Crippen molar-refractivity contribution in [3.8, 4) is 22.3 Å². The van der Waals surface area contributed by atoms with Gasteiger partial charge in [0.15, 0.2) is 0 Å². The topological polar surface area (TPSA) is 17.3 Å². The Morgan fingerprint density at radius 3 is 1.37 bits per heavy atom. The van der Waals surface area contributed by atoms with Gasteiger partial charge in [0.1, 0.15) is 5.65 Å². The van der Waals surface area contributed by atoms with E-state index in [2.05, 4.69) is 150 Å². The predicted octanol–water partition coefficient (Wildman–Crippen LogP) is 9.96. The molecule has 6 aromatic carbocycles. The molecule has 2 aliphatic rings. The summed E-state index contributed by atoms with van der Waals surface area (Å²) in [6.07, 6.45) is 0. The maximum atomic E-state index is 5.72. The number of benzene rings is 6. The molecule has 43 heavy (non-hydrogen) atoms. The number of para-hydroxylation sites is 1. The van der Waals surface area contributed by atoms with E-state index in [9.17, 15) is 0 Å². The zero-order valence-corrected chi connectivity index (χ0v) is 23.4. The van der Waals surface area contributed by atoms with E-state index < -0.39 is 0 Å². The summed E-state index contributed by atoms with van der Waals surface area (Å²) in [5.41, 5.74) is 15.3. The highest BCUT2D eigenvalue weighted by atomic mass is 15.0. The zero-order valence-electron chi connectivity index (χ0n) is 23.4. The average molecular weight is 547 g/mol. The number of hydrogen-bond acceptors (Lipinski definition) is 1. The van der Waals surface area contributed by atoms with Gasteiger partial charge < -0.3 is 0 Å². The number of rotatable bonds is 2. The minimum absolute atomic E-state index is 0.0414. The molecule has 0 fully saturated rings. The number of hydrogen-bond donors (Lipinski definition) is 0. The van der Waals surface area contributed by atoms with Gasteiger partial charge in [0.25, 0.3) is 0 Å². The molecule has 8 aromatic rings. The van der Waals surface area contributed by atoms with E-state index >= 15 is 0 Å². The average Bonchev–Trinajstić information content (AvgIpc) is 3.73. The van der Waals surface area contributed by atoms with Crippen LogP contribution in [0.3, 0.4) is 0 Å². The molecule has 2 aromatic heterocycles. The summed E-state index contributed by atoms with van der Waals surface area (Å²) in [6, 6.07) is 53.4. The van der Waals surface area contributed by atoms with Crippen molar-refractivity contribution in [2.75, 3.05) is 0 Å². The standard InChI is InChI=1S/C41H26N2/c1-6-19-31-25(13-1)26-14-2-7-20-32(26)37(31)39-40(38-33-21-8-3-15-27(33)28-16-4-9-22-34(28)38)43-36-24-12-11-18-30(36)29-17-5-10-23-35(29)41(43)42-39/h1-24,37-38H. The summed E-state index contributed by atoms with van der Waals surface area (Å²) in [7, 11) is 0. The second kappa shape index (κ2) is 8.53. The van der Waals surface area contributed by atoms with Gasteiger partial charge in [0.2, 0.25) is 0 Å². The van der Waals surface area contributed by atoms with Gasteiger partial charge in [-0.2, -0.15) is 0 Å². The second-order valence-corrected chi connectivity index (χ2v) is 11.8. The van der Waals surface area contributed by atoms with Gasteiger partial charge in [-0.05, 0) is 56.0 Å². The lowest BCUT2D eigenvalue weighted by Gasteiger charge is -2.21. The third-order valence-electron chi connectivity index (χ3n) is 9.76. The zero-order chi connectivity index (χ0) is 28.1. The fourth-order valence-corrected chi connectivity index (χ4v) is 8.07. The first-order valence-electron chi connectivity index (χ1n) is 15.1. The van der Waals surface area contributed by atoms with Crippen molar-refractivity contribution in [2.24, 2.45) is 0 Å². The van der Waals surface area contributed by atoms with E-state index in [0.717, 1.165) is 11.3 Å². The molecule has 2 aliphatic carbocycles. The first-order valence-corrected chi connectivity index (χ1v) is 15.1. The van der Waals surface area contributed by atoms with E-state index in [4.69, 9.17) is 4.98 Å². The highest BCUT2D eigenvalue weighted by Gasteiger charge is 2.39. The molecule has 200 valence electrons. The molecule has 0 amide bonds. The van der Waals surface area contributed by atoms with Crippen molar-refractivity contribution in [2.45, 2.75) is 11.8 Å². The van der Waals surface area contributed by atoms with Crippen LogP contribution in [0.5, 0.6) is 0 Å². The fourth-order valence-electron chi connectivity index (χ4n) is 8.07. The Bertz CT molecular complexity index is 2340. The van der Waals surface area contributed by atoms with Gasteiger partial charge in [-0.25, -0.2) is 4.98 Å². The molecule has 0 unspecified atom stereocenters. The smallest absolute Gasteiger partial charge is 0.145 e. The van der Waals surface area contributed by atoms with E-state index in [1.807, 2.05) is 0 Å². The molecular formula is C41H26N2. The van der Waals surface area contributed by atoms with Crippen molar-refractivity contribution in [3.05, 3.63) is 179 Å². The first-order chi connectivity index (χ1) is 21.4. The van der Waals surface area contributed by atoms with Crippen molar-refractivity contribution in [1.82, 2.24) is 9.38 Å². The molecule has 0 atom stereocenters. The normalized spacial score (nSPS) is 13.9. The summed E-state index contributed by atoms with van der Waals surface area (Å²) in [5, 5.41) is 3.68. The summed E-state index contributed by atoms with van der Waals surface area (Å²) in [4.78, 5) is 5.72. The Labute approximate surface area is 249 Å². The number of nitrogens with zero attached hydrogens (tertiary/aromatic N) is 2. The fraction of sp³-hybridized carbons (Fsp3) is 0.0488. The highest BCUT2D eigenvalue weighted by Crippen LogP contribution is 2.54. The summed E-state index contributed by atoms with van der Waals surface area (Å²) < 4.78 is 2.50. The Balaban J connectivity index is 1.42. The third-order valence-corrected chi connectivity index (χ3v) is 9.76. The maximum absolute atomic E-state index is 5.72. The molecule has 0 saturated carbocycles. The van der Waals surface area contributed by atoms with Gasteiger partial charge in [-0.1, -0.05) is 140 Å². The predicted molar refractivity (Wildman–Crippen MR) is 176 cm³/mol. The minimum atomic E-state index is 0.0414. The van der Waals surface area contributed by atoms with Crippen LogP contribution in [0, 0.1) is 0 Å². The molecule has 0 N–H and O–H groups in total. The molecule has 0 spiro atoms. The van der Waals surface area contributed by atoms with Gasteiger partial charge in [0, 0.05) is 10.8 Å². The van der Waals surface area contributed by atoms with Crippen molar-refractivity contribution in [3.63, 3.8) is 0 Å². The van der Waals surface area contributed by atoms with Gasteiger partial charge in [-0.3, -0.25) is 4.40 Å². The lowest BCUT2D eigenvalue weighted by atomic mass is 9.85. The molecule has 0 saturated heterocycles. The molecule has 0 radical (unpaired) electrons. The van der Waals surface area contributed by atoms with Crippen LogP contribution < -0.4 is 0 Å². The Morgan fingerprint density at radius 2 is 0.814 bits per heavy atom. The van der Waals surface area contributed by atoms with Crippen molar-refractivity contribution >= 4 is 27.3 Å². The van der Waals surface area contributed by atoms with Crippen LogP contribution >= 0.6 is 0 Å². The lowest BCUT2D eigenvalue weighted by Crippen LogP contribution is -2.10. The highest BCUT2D eigenvalue weighted by molar-refractivity contribution is 6.12. The van der Waals surface area contributed by atoms with Gasteiger partial charge in [0.05, 0.1) is 28.7 Å². The number of aromatic nitrogens is 2. The van der Waals surface area contributed by atoms with E-state index in [1.54, 1.807) is 0 Å². The molecule has 2 heteroatoms. The first kappa shape index (κ1) is 23.1. The van der Waals surface area contributed by atoms with Gasteiger partial charge >= 0.3 is 0 Å². The van der Waals surface area contributed by atoms with Gasteiger partial charge in [-0.15, -0.1) is 0 Å². The van der Waals surface area contributed by atoms with E-state index in [0.29, 0.717) is 0 Å². The third kappa shape index (κ3) is 3.00. The molecule has 0 aliphatic heterocycles. The molecular weight excluding hydrogens is 520 g/mol. The summed E-state index contributed by atoms with van der Waals surface area (Å²) in [5.74, 6) is 0.0987. The quantitative estimate of drug-likeness (QED) is 0.197. The monoisotopic (exact) mass is 546 g/mol. The van der Waals surface area contributed by atoms with E-state index in [1.165, 1.54) is 71.9 Å². The van der Waals surface area contributed by atoms with Crippen molar-refractivity contribution < 1.29 is 0 Å². The van der Waals surface area contributed by atoms with E-state index in [-0.39, 0.29) is 11.8 Å². The maximum Gasteiger partial charge on any atom is 0.145 e. The Kier molecular flexibility index (Phi) is 4.59. The molecule has 2 nitrogen and oxygen atoms in total. The second-order valence-electron chi connectivity index (χ2n) is 11.8. The molecule has 10 rings (SSSR count). The van der Waals surface area contributed by atoms with Crippen LogP contribution in [-0.4, -0.2) is 9.38 Å². The SMILES string of the molecule is c1ccc2c(c1)-c1ccccc1C2c1nc2c3ccccc3c3ccccc3n2c1C1c2ccccc2-c2ccccc21. The van der Waals surface area contributed by atoms with Crippen LogP contribution in [0.4, 0.5) is 0 Å². The van der Waals surface area contributed by atoms with Crippen LogP contribution in [0.25, 0.3) is 49.6 Å². The van der Waals surface area contributed by atoms with Crippen molar-refractivity contribution in [1.29, 1.82) is 0 Å². The Morgan fingerprint density at radius 1 is 0.395 bits per heavy atom. The lowest BCUT2D eigenvalue weighted by molar-refractivity contribution is 0.867. The summed E-state index contributed by atoms with van der Waals surface area (Å²) >= 11 is 0. The largest absolute Gasteiger partial charge is 0.295 e. The number of imidazole rings is 1. The number of pyridine rings is 1. The minimum Gasteiger partial charge on any atom is -0.295 e. The molecule has 0 bridgehead atoms. The van der Waals surface area contributed by atoms with Crippen LogP contribution in [0.1, 0.15) is 45.5 Å². The number of fused-ring (bicyclic) bond motifs is 12. The van der Waals surface area contributed by atoms with Crippen LogP contribution in [-0.2, 0) is 0 Å². The summed E-state index contributed by atoms with van der Waals surface area (Å²) in [6.45, 7) is 0. The van der Waals surface area contributed by atoms with Crippen LogP contribution in [0.2, 0.25) is 0 Å². The van der Waals surface area contributed by atoms with Crippen LogP contribution in [0.15, 0.2) is 146 Å². The Hall–Kier alpha value is -5.47.